The first kappa shape index (κ1) is 13.8. The molecule has 0 aliphatic heterocycles. The molecule has 0 aliphatic rings. The van der Waals surface area contributed by atoms with Crippen molar-refractivity contribution < 1.29 is 14.6 Å². The number of hydrogen-bond acceptors (Lipinski definition) is 3. The first-order valence-electron chi connectivity index (χ1n) is 5.31. The van der Waals surface area contributed by atoms with E-state index in [4.69, 9.17) is 21.4 Å². The second kappa shape index (κ2) is 5.59. The van der Waals surface area contributed by atoms with Crippen LogP contribution in [0, 0.1) is 6.92 Å². The molecule has 1 heterocycles. The molecule has 0 amide bonds. The fraction of sp³-hybridized carbons (Fsp3) is 0.0769. The quantitative estimate of drug-likeness (QED) is 0.903. The van der Waals surface area contributed by atoms with Gasteiger partial charge in [0.05, 0.1) is 16.3 Å². The molecule has 2 rings (SSSR count). The van der Waals surface area contributed by atoms with Gasteiger partial charge in [-0.25, -0.2) is 9.78 Å². The monoisotopic (exact) mass is 341 g/mol. The van der Waals surface area contributed by atoms with Gasteiger partial charge in [0, 0.05) is 10.5 Å². The highest BCUT2D eigenvalue weighted by Crippen LogP contribution is 2.31. The van der Waals surface area contributed by atoms with E-state index in [1.54, 1.807) is 25.1 Å². The van der Waals surface area contributed by atoms with Gasteiger partial charge in [-0.1, -0.05) is 27.5 Å². The molecule has 98 valence electrons. The molecule has 0 atom stereocenters. The fourth-order valence-electron chi connectivity index (χ4n) is 1.49. The normalized spacial score (nSPS) is 10.3. The summed E-state index contributed by atoms with van der Waals surface area (Å²) in [5.74, 6) is -0.259. The van der Waals surface area contributed by atoms with Crippen LogP contribution in [0.2, 0.25) is 5.02 Å². The summed E-state index contributed by atoms with van der Waals surface area (Å²) in [5.41, 5.74) is 0.535. The van der Waals surface area contributed by atoms with Gasteiger partial charge in [-0.15, -0.1) is 0 Å². The zero-order valence-electron chi connectivity index (χ0n) is 9.85. The van der Waals surface area contributed by atoms with E-state index >= 15 is 0 Å². The molecule has 1 aromatic heterocycles. The van der Waals surface area contributed by atoms with E-state index in [0.717, 1.165) is 4.47 Å². The Balaban J connectivity index is 2.29. The lowest BCUT2D eigenvalue weighted by Crippen LogP contribution is -2.02. The number of aryl methyl sites for hydroxylation is 1. The average Bonchev–Trinajstić information content (AvgIpc) is 2.32. The Hall–Kier alpha value is -1.59. The maximum absolute atomic E-state index is 10.9. The third-order valence-electron chi connectivity index (χ3n) is 2.40. The average molecular weight is 343 g/mol. The number of ether oxygens (including phenoxy) is 1. The molecule has 1 aromatic carbocycles. The Morgan fingerprint density at radius 2 is 2.11 bits per heavy atom. The SMILES string of the molecule is Cc1nc(Oc2ccc(Br)cc2Cl)ccc1C(=O)O. The van der Waals surface area contributed by atoms with Gasteiger partial charge in [-0.3, -0.25) is 0 Å². The molecule has 0 fully saturated rings. The third-order valence-corrected chi connectivity index (χ3v) is 3.19. The van der Waals surface area contributed by atoms with Crippen molar-refractivity contribution in [2.75, 3.05) is 0 Å². The molecule has 0 saturated heterocycles. The highest BCUT2D eigenvalue weighted by molar-refractivity contribution is 9.10. The van der Waals surface area contributed by atoms with E-state index < -0.39 is 5.97 Å². The topological polar surface area (TPSA) is 59.4 Å². The summed E-state index contributed by atoms with van der Waals surface area (Å²) in [6.07, 6.45) is 0. The van der Waals surface area contributed by atoms with E-state index in [1.165, 1.54) is 12.1 Å². The van der Waals surface area contributed by atoms with E-state index in [2.05, 4.69) is 20.9 Å². The van der Waals surface area contributed by atoms with Crippen LogP contribution < -0.4 is 4.74 Å². The summed E-state index contributed by atoms with van der Waals surface area (Å²) in [5, 5.41) is 9.35. The van der Waals surface area contributed by atoms with Gasteiger partial charge in [0.25, 0.3) is 0 Å². The Labute approximate surface area is 123 Å². The van der Waals surface area contributed by atoms with Gasteiger partial charge in [0.1, 0.15) is 5.75 Å². The van der Waals surface area contributed by atoms with Crippen LogP contribution in [-0.4, -0.2) is 16.1 Å². The van der Waals surface area contributed by atoms with Crippen LogP contribution in [0.4, 0.5) is 0 Å². The Bertz CT molecular complexity index is 646. The van der Waals surface area contributed by atoms with Gasteiger partial charge in [-0.2, -0.15) is 0 Å². The number of pyridine rings is 1. The van der Waals surface area contributed by atoms with Crippen molar-refractivity contribution in [2.24, 2.45) is 0 Å². The highest BCUT2D eigenvalue weighted by Gasteiger charge is 2.10. The van der Waals surface area contributed by atoms with Crippen molar-refractivity contribution >= 4 is 33.5 Å². The minimum Gasteiger partial charge on any atom is -0.478 e. The summed E-state index contributed by atoms with van der Waals surface area (Å²) in [7, 11) is 0. The molecule has 0 spiro atoms. The molecule has 2 aromatic rings. The lowest BCUT2D eigenvalue weighted by Gasteiger charge is -2.08. The molecule has 0 unspecified atom stereocenters. The number of rotatable bonds is 3. The number of carboxylic acids is 1. The summed E-state index contributed by atoms with van der Waals surface area (Å²) in [4.78, 5) is 15.0. The number of halogens is 2. The van der Waals surface area contributed by atoms with Crippen LogP contribution in [0.1, 0.15) is 16.1 Å². The van der Waals surface area contributed by atoms with E-state index in [0.29, 0.717) is 22.3 Å². The molecule has 0 saturated carbocycles. The number of aromatic carboxylic acids is 1. The number of aromatic nitrogens is 1. The molecule has 0 bridgehead atoms. The second-order valence-corrected chi connectivity index (χ2v) is 5.09. The van der Waals surface area contributed by atoms with Crippen LogP contribution in [0.25, 0.3) is 0 Å². The highest BCUT2D eigenvalue weighted by atomic mass is 79.9. The number of carboxylic acid groups (broad SMARTS) is 1. The summed E-state index contributed by atoms with van der Waals surface area (Å²) >= 11 is 9.32. The largest absolute Gasteiger partial charge is 0.478 e. The van der Waals surface area contributed by atoms with Crippen LogP contribution >= 0.6 is 27.5 Å². The van der Waals surface area contributed by atoms with Gasteiger partial charge < -0.3 is 9.84 Å². The molecular formula is C13H9BrClNO3. The maximum atomic E-state index is 10.9. The minimum atomic E-state index is -1.02. The summed E-state index contributed by atoms with van der Waals surface area (Å²) < 4.78 is 6.37. The molecular weight excluding hydrogens is 334 g/mol. The van der Waals surface area contributed by atoms with E-state index in [-0.39, 0.29) is 5.56 Å². The van der Waals surface area contributed by atoms with Crippen LogP contribution in [0.3, 0.4) is 0 Å². The summed E-state index contributed by atoms with van der Waals surface area (Å²) in [6.45, 7) is 1.61. The van der Waals surface area contributed by atoms with Gasteiger partial charge in [0.15, 0.2) is 0 Å². The third kappa shape index (κ3) is 3.24. The van der Waals surface area contributed by atoms with Gasteiger partial charge >= 0.3 is 5.97 Å². The first-order chi connectivity index (χ1) is 8.97. The molecule has 6 heteroatoms. The standard InChI is InChI=1S/C13H9BrClNO3/c1-7-9(13(17)18)3-5-12(16-7)19-11-4-2-8(14)6-10(11)15/h2-6H,1H3,(H,17,18). The zero-order valence-corrected chi connectivity index (χ0v) is 12.2. The van der Waals surface area contributed by atoms with E-state index in [9.17, 15) is 4.79 Å². The van der Waals surface area contributed by atoms with Gasteiger partial charge in [0.2, 0.25) is 5.88 Å². The Morgan fingerprint density at radius 3 is 2.68 bits per heavy atom. The Morgan fingerprint density at radius 1 is 1.37 bits per heavy atom. The minimum absolute atomic E-state index is 0.147. The van der Waals surface area contributed by atoms with Crippen molar-refractivity contribution in [1.82, 2.24) is 4.98 Å². The molecule has 19 heavy (non-hydrogen) atoms. The predicted octanol–water partition coefficient (Wildman–Crippen LogP) is 4.30. The molecule has 4 nitrogen and oxygen atoms in total. The van der Waals surface area contributed by atoms with Crippen molar-refractivity contribution in [3.8, 4) is 11.6 Å². The lowest BCUT2D eigenvalue weighted by atomic mass is 10.2. The molecule has 0 radical (unpaired) electrons. The van der Waals surface area contributed by atoms with Gasteiger partial charge in [-0.05, 0) is 31.2 Å². The first-order valence-corrected chi connectivity index (χ1v) is 6.48. The predicted molar refractivity (Wildman–Crippen MR) is 75.2 cm³/mol. The number of nitrogens with zero attached hydrogens (tertiary/aromatic N) is 1. The molecule has 1 N–H and O–H groups in total. The van der Waals surface area contributed by atoms with Crippen LogP contribution in [0.5, 0.6) is 11.6 Å². The van der Waals surface area contributed by atoms with Crippen molar-refractivity contribution in [3.63, 3.8) is 0 Å². The van der Waals surface area contributed by atoms with Crippen molar-refractivity contribution in [3.05, 3.63) is 51.1 Å². The van der Waals surface area contributed by atoms with Crippen molar-refractivity contribution in [2.45, 2.75) is 6.92 Å². The number of carbonyl (C=O) groups is 1. The maximum Gasteiger partial charge on any atom is 0.337 e. The lowest BCUT2D eigenvalue weighted by molar-refractivity contribution is 0.0695. The smallest absolute Gasteiger partial charge is 0.337 e. The number of hydrogen-bond donors (Lipinski definition) is 1. The summed E-state index contributed by atoms with van der Waals surface area (Å²) in [6, 6.07) is 8.14. The van der Waals surface area contributed by atoms with Crippen LogP contribution in [-0.2, 0) is 0 Å². The fourth-order valence-corrected chi connectivity index (χ4v) is 2.20. The molecule has 0 aliphatic carbocycles. The zero-order chi connectivity index (χ0) is 14.0. The Kier molecular flexibility index (Phi) is 4.07. The number of benzene rings is 1. The second-order valence-electron chi connectivity index (χ2n) is 3.76. The van der Waals surface area contributed by atoms with Crippen LogP contribution in [0.15, 0.2) is 34.8 Å². The van der Waals surface area contributed by atoms with E-state index in [1.807, 2.05) is 0 Å². The van der Waals surface area contributed by atoms with Crippen molar-refractivity contribution in [1.29, 1.82) is 0 Å².